The van der Waals surface area contributed by atoms with Gasteiger partial charge in [0.1, 0.15) is 0 Å². The van der Waals surface area contributed by atoms with E-state index < -0.39 is 0 Å². The Morgan fingerprint density at radius 2 is 1.39 bits per heavy atom. The molecule has 0 aliphatic carbocycles. The van der Waals surface area contributed by atoms with Crippen molar-refractivity contribution in [2.45, 2.75) is 20.8 Å². The second-order valence-corrected chi connectivity index (χ2v) is 6.18. The van der Waals surface area contributed by atoms with Gasteiger partial charge in [-0.25, -0.2) is 0 Å². The van der Waals surface area contributed by atoms with Crippen LogP contribution in [0.3, 0.4) is 0 Å². The van der Waals surface area contributed by atoms with Crippen molar-refractivity contribution in [2.75, 3.05) is 0 Å². The molecule has 0 fully saturated rings. The molecule has 0 nitrogen and oxygen atoms in total. The largest absolute Gasteiger partial charge is 0.0953 e. The third kappa shape index (κ3) is 5.10. The molecule has 0 heteroatoms. The smallest absolute Gasteiger partial charge is 0.0133 e. The molecule has 0 aliphatic heterocycles. The number of rotatable bonds is 6. The zero-order valence-corrected chi connectivity index (χ0v) is 14.4. The van der Waals surface area contributed by atoms with Crippen LogP contribution in [-0.2, 0) is 0 Å². The second kappa shape index (κ2) is 8.33. The first-order chi connectivity index (χ1) is 11.1. The lowest BCUT2D eigenvalue weighted by Crippen LogP contribution is -2.08. The zero-order valence-electron chi connectivity index (χ0n) is 14.4. The summed E-state index contributed by atoms with van der Waals surface area (Å²) in [4.78, 5) is 0. The van der Waals surface area contributed by atoms with Crippen molar-refractivity contribution in [2.24, 2.45) is 11.8 Å². The average molecular weight is 302 g/mol. The van der Waals surface area contributed by atoms with Gasteiger partial charge in [0.2, 0.25) is 0 Å². The fourth-order valence-electron chi connectivity index (χ4n) is 2.56. The van der Waals surface area contributed by atoms with E-state index in [0.717, 1.165) is 0 Å². The van der Waals surface area contributed by atoms with Crippen LogP contribution in [-0.4, -0.2) is 0 Å². The first-order valence-electron chi connectivity index (χ1n) is 8.23. The quantitative estimate of drug-likeness (QED) is 0.525. The molecule has 0 saturated heterocycles. The summed E-state index contributed by atoms with van der Waals surface area (Å²) in [6.45, 7) is 11.0. The topological polar surface area (TPSA) is 0 Å². The highest BCUT2D eigenvalue weighted by Crippen LogP contribution is 2.27. The lowest BCUT2D eigenvalue weighted by atomic mass is 9.85. The van der Waals surface area contributed by atoms with Crippen LogP contribution in [0.1, 0.15) is 31.9 Å². The molecule has 2 aromatic rings. The van der Waals surface area contributed by atoms with E-state index in [1.54, 1.807) is 0 Å². The Morgan fingerprint density at radius 3 is 1.96 bits per heavy atom. The van der Waals surface area contributed by atoms with Gasteiger partial charge in [-0.1, -0.05) is 99.3 Å². The van der Waals surface area contributed by atoms with Gasteiger partial charge in [0.25, 0.3) is 0 Å². The fourth-order valence-corrected chi connectivity index (χ4v) is 2.56. The molecule has 0 spiro atoms. The van der Waals surface area contributed by atoms with Crippen LogP contribution in [0.5, 0.6) is 0 Å². The molecule has 0 aliphatic rings. The van der Waals surface area contributed by atoms with Crippen molar-refractivity contribution in [3.8, 4) is 0 Å². The van der Waals surface area contributed by atoms with Gasteiger partial charge in [0.15, 0.2) is 0 Å². The van der Waals surface area contributed by atoms with Crippen molar-refractivity contribution in [1.29, 1.82) is 0 Å². The van der Waals surface area contributed by atoms with E-state index in [1.807, 2.05) is 12.1 Å². The van der Waals surface area contributed by atoms with Crippen LogP contribution in [0.4, 0.5) is 0 Å². The minimum atomic E-state index is 0.412. The molecule has 2 aromatic carbocycles. The summed E-state index contributed by atoms with van der Waals surface area (Å²) >= 11 is 0. The lowest BCUT2D eigenvalue weighted by Gasteiger charge is -2.20. The molecule has 0 heterocycles. The highest BCUT2D eigenvalue weighted by atomic mass is 14.2. The summed E-state index contributed by atoms with van der Waals surface area (Å²) < 4.78 is 0. The van der Waals surface area contributed by atoms with Crippen molar-refractivity contribution < 1.29 is 0 Å². The van der Waals surface area contributed by atoms with E-state index >= 15 is 0 Å². The van der Waals surface area contributed by atoms with Crippen LogP contribution in [0.25, 0.3) is 12.2 Å². The van der Waals surface area contributed by atoms with E-state index in [1.165, 1.54) is 22.3 Å². The molecule has 2 unspecified atom stereocenters. The van der Waals surface area contributed by atoms with Crippen molar-refractivity contribution in [3.05, 3.63) is 95.6 Å². The Hall–Kier alpha value is -2.34. The first kappa shape index (κ1) is 17.0. The molecule has 0 bridgehead atoms. The summed E-state index contributed by atoms with van der Waals surface area (Å²) in [6.07, 6.45) is 6.69. The van der Waals surface area contributed by atoms with Gasteiger partial charge in [-0.05, 0) is 41.0 Å². The number of benzene rings is 2. The summed E-state index contributed by atoms with van der Waals surface area (Å²) in [6, 6.07) is 20.9. The average Bonchev–Trinajstić information content (AvgIpc) is 2.60. The van der Waals surface area contributed by atoms with Crippen LogP contribution >= 0.6 is 0 Å². The lowest BCUT2D eigenvalue weighted by molar-refractivity contribution is 0.538. The van der Waals surface area contributed by atoms with Crippen LogP contribution in [0, 0.1) is 11.8 Å². The minimum absolute atomic E-state index is 0.412. The van der Waals surface area contributed by atoms with E-state index in [4.69, 9.17) is 0 Å². The van der Waals surface area contributed by atoms with Crippen LogP contribution < -0.4 is 0 Å². The van der Waals surface area contributed by atoms with Gasteiger partial charge in [-0.2, -0.15) is 0 Å². The highest BCUT2D eigenvalue weighted by Gasteiger charge is 2.14. The van der Waals surface area contributed by atoms with E-state index in [-0.39, 0.29) is 0 Å². The van der Waals surface area contributed by atoms with Gasteiger partial charge in [-0.3, -0.25) is 0 Å². The summed E-state index contributed by atoms with van der Waals surface area (Å²) in [7, 11) is 0. The number of hydrogen-bond donors (Lipinski definition) is 0. The summed E-state index contributed by atoms with van der Waals surface area (Å²) in [5, 5.41) is 0. The fraction of sp³-hybridized carbons (Fsp3) is 0.217. The van der Waals surface area contributed by atoms with Crippen LogP contribution in [0.2, 0.25) is 0 Å². The molecule has 0 radical (unpaired) electrons. The van der Waals surface area contributed by atoms with Gasteiger partial charge in [0, 0.05) is 0 Å². The van der Waals surface area contributed by atoms with E-state index in [9.17, 15) is 0 Å². The van der Waals surface area contributed by atoms with Crippen molar-refractivity contribution >= 4 is 12.2 Å². The molecule has 23 heavy (non-hydrogen) atoms. The van der Waals surface area contributed by atoms with Gasteiger partial charge < -0.3 is 0 Å². The maximum absolute atomic E-state index is 4.32. The SMILES string of the molecule is C=C(C(C)=Cc1ccccc1)C(C)C(C)C=Cc1ccccc1. The molecular weight excluding hydrogens is 276 g/mol. The molecular formula is C23H26. The van der Waals surface area contributed by atoms with E-state index in [0.29, 0.717) is 11.8 Å². The summed E-state index contributed by atoms with van der Waals surface area (Å²) in [5.74, 6) is 0.858. The standard InChI is InChI=1S/C23H26/c1-18(15-16-22-11-7-5-8-12-22)20(3)21(4)19(2)17-23-13-9-6-10-14-23/h5-18,20H,4H2,1-3H3. The Morgan fingerprint density at radius 1 is 0.870 bits per heavy atom. The zero-order chi connectivity index (χ0) is 16.7. The molecule has 0 N–H and O–H groups in total. The predicted octanol–water partition coefficient (Wildman–Crippen LogP) is 6.63. The number of hydrogen-bond acceptors (Lipinski definition) is 0. The van der Waals surface area contributed by atoms with Gasteiger partial charge in [0.05, 0.1) is 0 Å². The monoisotopic (exact) mass is 302 g/mol. The summed E-state index contributed by atoms with van der Waals surface area (Å²) in [5.41, 5.74) is 4.93. The molecule has 2 rings (SSSR count). The van der Waals surface area contributed by atoms with Crippen molar-refractivity contribution in [3.63, 3.8) is 0 Å². The molecule has 2 atom stereocenters. The Kier molecular flexibility index (Phi) is 6.17. The Labute approximate surface area is 140 Å². The third-order valence-corrected chi connectivity index (χ3v) is 4.42. The number of allylic oxidation sites excluding steroid dienone is 3. The first-order valence-corrected chi connectivity index (χ1v) is 8.23. The Bertz CT molecular complexity index is 674. The van der Waals surface area contributed by atoms with E-state index in [2.05, 4.69) is 94.1 Å². The molecule has 0 amide bonds. The normalized spacial score (nSPS) is 14.7. The molecule has 118 valence electrons. The second-order valence-electron chi connectivity index (χ2n) is 6.18. The third-order valence-electron chi connectivity index (χ3n) is 4.42. The van der Waals surface area contributed by atoms with Crippen LogP contribution in [0.15, 0.2) is 84.5 Å². The maximum atomic E-state index is 4.32. The van der Waals surface area contributed by atoms with Gasteiger partial charge in [-0.15, -0.1) is 0 Å². The Balaban J connectivity index is 2.04. The van der Waals surface area contributed by atoms with Crippen molar-refractivity contribution in [1.82, 2.24) is 0 Å². The minimum Gasteiger partial charge on any atom is -0.0953 e. The maximum Gasteiger partial charge on any atom is -0.0133 e. The molecule has 0 saturated carbocycles. The highest BCUT2D eigenvalue weighted by molar-refractivity contribution is 5.57. The predicted molar refractivity (Wildman–Crippen MR) is 103 cm³/mol. The van der Waals surface area contributed by atoms with Gasteiger partial charge >= 0.3 is 0 Å². The molecule has 0 aromatic heterocycles.